The summed E-state index contributed by atoms with van der Waals surface area (Å²) in [6.07, 6.45) is 7.51. The first-order valence-corrected chi connectivity index (χ1v) is 8.40. The Labute approximate surface area is 128 Å². The Morgan fingerprint density at radius 1 is 1.14 bits per heavy atom. The minimum absolute atomic E-state index is 0.109. The van der Waals surface area contributed by atoms with E-state index in [0.717, 1.165) is 24.8 Å². The average Bonchev–Trinajstić information content (AvgIpc) is 3.03. The van der Waals surface area contributed by atoms with Gasteiger partial charge in [-0.1, -0.05) is 18.9 Å². The molecular weight excluding hydrogens is 260 g/mol. The lowest BCUT2D eigenvalue weighted by atomic mass is 10.0. The van der Waals surface area contributed by atoms with Crippen molar-refractivity contribution in [3.63, 3.8) is 0 Å². The second kappa shape index (κ2) is 6.86. The molecular formula is C17H28N4. The summed E-state index contributed by atoms with van der Waals surface area (Å²) in [4.78, 5) is 9.76. The van der Waals surface area contributed by atoms with Crippen molar-refractivity contribution < 1.29 is 0 Å². The Morgan fingerprint density at radius 2 is 1.86 bits per heavy atom. The standard InChI is InChI=1S/C17H28N4/c1-14(18)17(16-8-4-5-9-19-16)21-12-10-20(11-13-21)15-6-2-3-7-15/h4-5,8-9,14-15,17H,2-3,6-7,10-13,18H2,1H3. The van der Waals surface area contributed by atoms with Gasteiger partial charge in [0.05, 0.1) is 11.7 Å². The van der Waals surface area contributed by atoms with E-state index in [1.54, 1.807) is 0 Å². The molecule has 21 heavy (non-hydrogen) atoms. The highest BCUT2D eigenvalue weighted by molar-refractivity contribution is 5.11. The summed E-state index contributed by atoms with van der Waals surface area (Å²) in [5.74, 6) is 0. The molecule has 1 saturated heterocycles. The number of hydrogen-bond acceptors (Lipinski definition) is 4. The van der Waals surface area contributed by atoms with Crippen LogP contribution in [0.2, 0.25) is 0 Å². The van der Waals surface area contributed by atoms with E-state index in [4.69, 9.17) is 5.73 Å². The molecule has 2 N–H and O–H groups in total. The third-order valence-electron chi connectivity index (χ3n) is 5.07. The quantitative estimate of drug-likeness (QED) is 0.921. The Bertz CT molecular complexity index is 420. The van der Waals surface area contributed by atoms with Crippen LogP contribution in [0, 0.1) is 0 Å². The molecule has 2 fully saturated rings. The van der Waals surface area contributed by atoms with Crippen molar-refractivity contribution in [2.45, 2.75) is 50.7 Å². The zero-order chi connectivity index (χ0) is 14.7. The molecule has 2 unspecified atom stereocenters. The Balaban J connectivity index is 1.63. The first-order valence-electron chi connectivity index (χ1n) is 8.40. The van der Waals surface area contributed by atoms with E-state index >= 15 is 0 Å². The van der Waals surface area contributed by atoms with E-state index in [-0.39, 0.29) is 12.1 Å². The summed E-state index contributed by atoms with van der Waals surface area (Å²) >= 11 is 0. The van der Waals surface area contributed by atoms with E-state index in [9.17, 15) is 0 Å². The maximum Gasteiger partial charge on any atom is 0.0671 e. The van der Waals surface area contributed by atoms with E-state index in [1.165, 1.54) is 38.8 Å². The molecule has 2 aliphatic rings. The smallest absolute Gasteiger partial charge is 0.0671 e. The molecule has 1 aliphatic heterocycles. The van der Waals surface area contributed by atoms with Crippen LogP contribution in [0.3, 0.4) is 0 Å². The molecule has 116 valence electrons. The van der Waals surface area contributed by atoms with Crippen LogP contribution in [0.5, 0.6) is 0 Å². The van der Waals surface area contributed by atoms with Crippen molar-refractivity contribution in [3.05, 3.63) is 30.1 Å². The fourth-order valence-corrected chi connectivity index (χ4v) is 3.99. The molecule has 3 rings (SSSR count). The van der Waals surface area contributed by atoms with Crippen LogP contribution in [0.4, 0.5) is 0 Å². The number of piperazine rings is 1. The predicted octanol–water partition coefficient (Wildman–Crippen LogP) is 2.03. The normalized spacial score (nSPS) is 25.0. The highest BCUT2D eigenvalue weighted by Gasteiger charge is 2.31. The zero-order valence-corrected chi connectivity index (χ0v) is 13.1. The van der Waals surface area contributed by atoms with Crippen molar-refractivity contribution in [1.29, 1.82) is 0 Å². The first-order chi connectivity index (χ1) is 10.3. The maximum atomic E-state index is 6.26. The largest absolute Gasteiger partial charge is 0.326 e. The second-order valence-corrected chi connectivity index (χ2v) is 6.57. The van der Waals surface area contributed by atoms with Gasteiger partial charge in [-0.3, -0.25) is 14.8 Å². The fourth-order valence-electron chi connectivity index (χ4n) is 3.99. The van der Waals surface area contributed by atoms with Crippen LogP contribution in [0.25, 0.3) is 0 Å². The minimum atomic E-state index is 0.109. The maximum absolute atomic E-state index is 6.26. The number of pyridine rings is 1. The summed E-state index contributed by atoms with van der Waals surface area (Å²) in [5.41, 5.74) is 7.37. The van der Waals surface area contributed by atoms with Crippen LogP contribution >= 0.6 is 0 Å². The van der Waals surface area contributed by atoms with Crippen molar-refractivity contribution >= 4 is 0 Å². The van der Waals surface area contributed by atoms with Gasteiger partial charge in [0.1, 0.15) is 0 Å². The van der Waals surface area contributed by atoms with Crippen LogP contribution < -0.4 is 5.73 Å². The molecule has 1 aromatic heterocycles. The van der Waals surface area contributed by atoms with Crippen LogP contribution in [-0.2, 0) is 0 Å². The summed E-state index contributed by atoms with van der Waals surface area (Å²) in [5, 5.41) is 0. The van der Waals surface area contributed by atoms with Gasteiger partial charge in [0.25, 0.3) is 0 Å². The lowest BCUT2D eigenvalue weighted by molar-refractivity contribution is 0.0620. The molecule has 1 saturated carbocycles. The molecule has 2 heterocycles. The third-order valence-corrected chi connectivity index (χ3v) is 5.07. The van der Waals surface area contributed by atoms with Gasteiger partial charge in [-0.25, -0.2) is 0 Å². The Hall–Kier alpha value is -0.970. The molecule has 0 amide bonds. The van der Waals surface area contributed by atoms with Crippen LogP contribution in [0.1, 0.15) is 44.3 Å². The lowest BCUT2D eigenvalue weighted by Gasteiger charge is -2.42. The molecule has 0 aromatic carbocycles. The van der Waals surface area contributed by atoms with Gasteiger partial charge in [0, 0.05) is 44.5 Å². The molecule has 4 heteroatoms. The van der Waals surface area contributed by atoms with Crippen LogP contribution in [-0.4, -0.2) is 53.0 Å². The molecule has 4 nitrogen and oxygen atoms in total. The first kappa shape index (κ1) is 14.9. The monoisotopic (exact) mass is 288 g/mol. The van der Waals surface area contributed by atoms with E-state index in [2.05, 4.69) is 33.8 Å². The number of nitrogens with two attached hydrogens (primary N) is 1. The molecule has 1 aromatic rings. The number of nitrogens with zero attached hydrogens (tertiary/aromatic N) is 3. The second-order valence-electron chi connectivity index (χ2n) is 6.57. The van der Waals surface area contributed by atoms with Crippen LogP contribution in [0.15, 0.2) is 24.4 Å². The summed E-state index contributed by atoms with van der Waals surface area (Å²) < 4.78 is 0. The van der Waals surface area contributed by atoms with Gasteiger partial charge in [-0.2, -0.15) is 0 Å². The average molecular weight is 288 g/mol. The number of hydrogen-bond donors (Lipinski definition) is 1. The minimum Gasteiger partial charge on any atom is -0.326 e. The highest BCUT2D eigenvalue weighted by Crippen LogP contribution is 2.27. The third kappa shape index (κ3) is 3.44. The summed E-state index contributed by atoms with van der Waals surface area (Å²) in [7, 11) is 0. The molecule has 2 atom stereocenters. The number of rotatable bonds is 4. The summed E-state index contributed by atoms with van der Waals surface area (Å²) in [6, 6.07) is 7.34. The lowest BCUT2D eigenvalue weighted by Crippen LogP contribution is -2.53. The topological polar surface area (TPSA) is 45.4 Å². The number of aromatic nitrogens is 1. The van der Waals surface area contributed by atoms with Crippen molar-refractivity contribution in [2.75, 3.05) is 26.2 Å². The molecule has 0 spiro atoms. The van der Waals surface area contributed by atoms with E-state index in [0.29, 0.717) is 0 Å². The van der Waals surface area contributed by atoms with Crippen molar-refractivity contribution in [2.24, 2.45) is 5.73 Å². The van der Waals surface area contributed by atoms with Gasteiger partial charge in [-0.05, 0) is 31.9 Å². The fraction of sp³-hybridized carbons (Fsp3) is 0.706. The van der Waals surface area contributed by atoms with Gasteiger partial charge >= 0.3 is 0 Å². The van der Waals surface area contributed by atoms with E-state index < -0.39 is 0 Å². The van der Waals surface area contributed by atoms with Crippen molar-refractivity contribution in [3.8, 4) is 0 Å². The highest BCUT2D eigenvalue weighted by atomic mass is 15.3. The van der Waals surface area contributed by atoms with Gasteiger partial charge in [0.15, 0.2) is 0 Å². The Kier molecular flexibility index (Phi) is 4.88. The van der Waals surface area contributed by atoms with E-state index in [1.807, 2.05) is 12.3 Å². The van der Waals surface area contributed by atoms with Gasteiger partial charge in [-0.15, -0.1) is 0 Å². The molecule has 0 bridgehead atoms. The zero-order valence-electron chi connectivity index (χ0n) is 13.1. The Morgan fingerprint density at radius 3 is 2.43 bits per heavy atom. The van der Waals surface area contributed by atoms with Crippen molar-refractivity contribution in [1.82, 2.24) is 14.8 Å². The SMILES string of the molecule is CC(N)C(c1ccccn1)N1CCN(C2CCCC2)CC1. The molecule has 0 radical (unpaired) electrons. The van der Waals surface area contributed by atoms with Gasteiger partial charge < -0.3 is 5.73 Å². The van der Waals surface area contributed by atoms with Gasteiger partial charge in [0.2, 0.25) is 0 Å². The summed E-state index contributed by atoms with van der Waals surface area (Å²) in [6.45, 7) is 6.68. The molecule has 1 aliphatic carbocycles. The predicted molar refractivity (Wildman–Crippen MR) is 86.0 cm³/mol.